The van der Waals surface area contributed by atoms with Crippen LogP contribution in [0.15, 0.2) is 18.2 Å². The van der Waals surface area contributed by atoms with Crippen molar-refractivity contribution in [2.45, 2.75) is 38.5 Å². The summed E-state index contributed by atoms with van der Waals surface area (Å²) in [6, 6.07) is 3.67. The highest BCUT2D eigenvalue weighted by atomic mass is 19.1. The summed E-state index contributed by atoms with van der Waals surface area (Å²) in [5, 5.41) is 2.86. The first-order valence-corrected chi connectivity index (χ1v) is 6.65. The van der Waals surface area contributed by atoms with Gasteiger partial charge >= 0.3 is 0 Å². The molecule has 0 atom stereocenters. The molecule has 2 rings (SSSR count). The van der Waals surface area contributed by atoms with E-state index >= 15 is 0 Å². The largest absolute Gasteiger partial charge is 0.355 e. The van der Waals surface area contributed by atoms with Crippen molar-refractivity contribution >= 4 is 5.91 Å². The predicted molar refractivity (Wildman–Crippen MR) is 69.7 cm³/mol. The van der Waals surface area contributed by atoms with Crippen LogP contribution in [0, 0.1) is 17.6 Å². The molecule has 0 saturated heterocycles. The van der Waals surface area contributed by atoms with Crippen LogP contribution < -0.4 is 5.32 Å². The lowest BCUT2D eigenvalue weighted by Gasteiger charge is -2.18. The molecule has 1 aromatic carbocycles. The first-order valence-electron chi connectivity index (χ1n) is 6.65. The van der Waals surface area contributed by atoms with Crippen LogP contribution in [0.1, 0.15) is 38.7 Å². The number of hydrogen-bond donors (Lipinski definition) is 1. The Morgan fingerprint density at radius 2 is 2.05 bits per heavy atom. The molecule has 4 heteroatoms. The lowest BCUT2D eigenvalue weighted by molar-refractivity contribution is -0.121. The second kappa shape index (κ2) is 5.27. The molecule has 104 valence electrons. The van der Waals surface area contributed by atoms with E-state index in [-0.39, 0.29) is 11.3 Å². The topological polar surface area (TPSA) is 29.1 Å². The summed E-state index contributed by atoms with van der Waals surface area (Å²) in [6.45, 7) is 4.39. The zero-order chi connectivity index (χ0) is 14.0. The van der Waals surface area contributed by atoms with Crippen LogP contribution in [-0.4, -0.2) is 12.5 Å². The number of carbonyl (C=O) groups is 1. The van der Waals surface area contributed by atoms with Gasteiger partial charge in [-0.05, 0) is 30.4 Å². The molecule has 0 spiro atoms. The summed E-state index contributed by atoms with van der Waals surface area (Å²) in [5.74, 6) is -0.794. The Balaban J connectivity index is 2.01. The third-order valence-electron chi connectivity index (χ3n) is 3.57. The fraction of sp³-hybridized carbons (Fsp3) is 0.533. The first-order chi connectivity index (χ1) is 8.93. The summed E-state index contributed by atoms with van der Waals surface area (Å²) in [6.07, 6.45) is 2.14. The van der Waals surface area contributed by atoms with Crippen molar-refractivity contribution < 1.29 is 13.6 Å². The number of nitrogens with one attached hydrogen (secondary N) is 1. The molecule has 0 aliphatic heterocycles. The van der Waals surface area contributed by atoms with Crippen molar-refractivity contribution in [3.63, 3.8) is 0 Å². The van der Waals surface area contributed by atoms with E-state index < -0.39 is 11.6 Å². The number of halogens is 2. The Bertz CT molecular complexity index is 481. The maximum atomic E-state index is 13.8. The summed E-state index contributed by atoms with van der Waals surface area (Å²) >= 11 is 0. The van der Waals surface area contributed by atoms with Crippen molar-refractivity contribution in [2.24, 2.45) is 5.92 Å². The molecule has 1 N–H and O–H groups in total. The molecule has 1 fully saturated rings. The lowest BCUT2D eigenvalue weighted by Crippen LogP contribution is -2.33. The fourth-order valence-corrected chi connectivity index (χ4v) is 2.32. The number of carbonyl (C=O) groups excluding carboxylic acids is 1. The average molecular weight is 267 g/mol. The Labute approximate surface area is 112 Å². The van der Waals surface area contributed by atoms with Gasteiger partial charge in [-0.1, -0.05) is 19.9 Å². The molecule has 0 heterocycles. The lowest BCUT2D eigenvalue weighted by atomic mass is 9.95. The number of hydrogen-bond acceptors (Lipinski definition) is 1. The van der Waals surface area contributed by atoms with E-state index in [1.807, 2.05) is 13.8 Å². The maximum absolute atomic E-state index is 13.8. The summed E-state index contributed by atoms with van der Waals surface area (Å²) < 4.78 is 26.7. The molecule has 1 aliphatic rings. The maximum Gasteiger partial charge on any atom is 0.220 e. The molecule has 1 saturated carbocycles. The summed E-state index contributed by atoms with van der Waals surface area (Å²) in [5.41, 5.74) is 0.184. The van der Waals surface area contributed by atoms with Crippen LogP contribution in [-0.2, 0) is 10.2 Å². The molecule has 0 aromatic heterocycles. The second-order valence-electron chi connectivity index (χ2n) is 5.78. The molecule has 0 radical (unpaired) electrons. The van der Waals surface area contributed by atoms with Crippen molar-refractivity contribution in [2.75, 3.05) is 6.54 Å². The molecule has 0 unspecified atom stereocenters. The third kappa shape index (κ3) is 3.31. The number of rotatable bonds is 5. The van der Waals surface area contributed by atoms with Gasteiger partial charge < -0.3 is 5.32 Å². The molecule has 1 amide bonds. The van der Waals surface area contributed by atoms with Crippen LogP contribution in [0.2, 0.25) is 0 Å². The Morgan fingerprint density at radius 3 is 2.58 bits per heavy atom. The zero-order valence-electron chi connectivity index (χ0n) is 11.3. The van der Waals surface area contributed by atoms with Gasteiger partial charge in [0.15, 0.2) is 0 Å². The van der Waals surface area contributed by atoms with E-state index in [1.54, 1.807) is 0 Å². The van der Waals surface area contributed by atoms with E-state index in [4.69, 9.17) is 0 Å². The molecule has 1 aliphatic carbocycles. The van der Waals surface area contributed by atoms with E-state index in [0.29, 0.717) is 24.4 Å². The first kappa shape index (κ1) is 14.0. The van der Waals surface area contributed by atoms with Crippen LogP contribution >= 0.6 is 0 Å². The van der Waals surface area contributed by atoms with Gasteiger partial charge in [0.2, 0.25) is 5.91 Å². The fourth-order valence-electron chi connectivity index (χ4n) is 2.32. The minimum absolute atomic E-state index is 0.0104. The summed E-state index contributed by atoms with van der Waals surface area (Å²) in [4.78, 5) is 11.6. The predicted octanol–water partition coefficient (Wildman–Crippen LogP) is 3.16. The number of benzene rings is 1. The van der Waals surface area contributed by atoms with Crippen LogP contribution in [0.25, 0.3) is 0 Å². The smallest absolute Gasteiger partial charge is 0.220 e. The Kier molecular flexibility index (Phi) is 3.88. The molecular weight excluding hydrogens is 248 g/mol. The quantitative estimate of drug-likeness (QED) is 0.872. The van der Waals surface area contributed by atoms with Gasteiger partial charge in [-0.15, -0.1) is 0 Å². The second-order valence-corrected chi connectivity index (χ2v) is 5.78. The monoisotopic (exact) mass is 267 g/mol. The van der Waals surface area contributed by atoms with Crippen molar-refractivity contribution in [1.29, 1.82) is 0 Å². The van der Waals surface area contributed by atoms with Crippen molar-refractivity contribution in [3.8, 4) is 0 Å². The molecule has 19 heavy (non-hydrogen) atoms. The highest BCUT2D eigenvalue weighted by Crippen LogP contribution is 2.48. The van der Waals surface area contributed by atoms with E-state index in [1.165, 1.54) is 12.1 Å². The highest BCUT2D eigenvalue weighted by Gasteiger charge is 2.46. The van der Waals surface area contributed by atoms with Crippen LogP contribution in [0.5, 0.6) is 0 Å². The molecule has 2 nitrogen and oxygen atoms in total. The van der Waals surface area contributed by atoms with E-state index in [2.05, 4.69) is 5.32 Å². The Morgan fingerprint density at radius 1 is 1.37 bits per heavy atom. The van der Waals surface area contributed by atoms with E-state index in [9.17, 15) is 13.6 Å². The normalized spacial score (nSPS) is 16.5. The Hall–Kier alpha value is -1.45. The van der Waals surface area contributed by atoms with Gasteiger partial charge in [0.1, 0.15) is 11.6 Å². The zero-order valence-corrected chi connectivity index (χ0v) is 11.3. The van der Waals surface area contributed by atoms with Gasteiger partial charge in [-0.3, -0.25) is 4.79 Å². The average Bonchev–Trinajstić information content (AvgIpc) is 3.06. The van der Waals surface area contributed by atoms with Gasteiger partial charge in [-0.25, -0.2) is 8.78 Å². The van der Waals surface area contributed by atoms with Gasteiger partial charge in [0.05, 0.1) is 0 Å². The van der Waals surface area contributed by atoms with Crippen LogP contribution in [0.4, 0.5) is 8.78 Å². The SMILES string of the molecule is CC(C)CC(=O)NCC1(c2ccc(F)cc2F)CC1. The minimum Gasteiger partial charge on any atom is -0.355 e. The van der Waals surface area contributed by atoms with Crippen LogP contribution in [0.3, 0.4) is 0 Å². The molecule has 0 bridgehead atoms. The van der Waals surface area contributed by atoms with Crippen molar-refractivity contribution in [1.82, 2.24) is 5.32 Å². The van der Waals surface area contributed by atoms with Gasteiger partial charge in [0.25, 0.3) is 0 Å². The van der Waals surface area contributed by atoms with Gasteiger partial charge in [0, 0.05) is 24.4 Å². The van der Waals surface area contributed by atoms with Crippen molar-refractivity contribution in [3.05, 3.63) is 35.4 Å². The standard InChI is InChI=1S/C15H19F2NO/c1-10(2)7-14(19)18-9-15(5-6-15)12-4-3-11(16)8-13(12)17/h3-4,8,10H,5-7,9H2,1-2H3,(H,18,19). The summed E-state index contributed by atoms with van der Waals surface area (Å²) in [7, 11) is 0. The number of amides is 1. The molecular formula is C15H19F2NO. The van der Waals surface area contributed by atoms with E-state index in [0.717, 1.165) is 18.9 Å². The minimum atomic E-state index is -0.569. The molecule has 1 aromatic rings. The third-order valence-corrected chi connectivity index (χ3v) is 3.57. The van der Waals surface area contributed by atoms with Gasteiger partial charge in [-0.2, -0.15) is 0 Å². The highest BCUT2D eigenvalue weighted by molar-refractivity contribution is 5.76.